The lowest BCUT2D eigenvalue weighted by atomic mass is 10.2. The Morgan fingerprint density at radius 3 is 2.86 bits per heavy atom. The van der Waals surface area contributed by atoms with Crippen molar-refractivity contribution in [2.45, 2.75) is 0 Å². The zero-order chi connectivity index (χ0) is 14.7. The van der Waals surface area contributed by atoms with Gasteiger partial charge in [0.1, 0.15) is 23.4 Å². The summed E-state index contributed by atoms with van der Waals surface area (Å²) in [6.45, 7) is -0.0143. The van der Waals surface area contributed by atoms with Gasteiger partial charge in [0.2, 0.25) is 0 Å². The van der Waals surface area contributed by atoms with Gasteiger partial charge in [0.05, 0.1) is 23.7 Å². The van der Waals surface area contributed by atoms with Crippen molar-refractivity contribution in [1.82, 2.24) is 9.97 Å². The van der Waals surface area contributed by atoms with Crippen molar-refractivity contribution in [3.63, 3.8) is 0 Å². The molecule has 5 nitrogen and oxygen atoms in total. The topological polar surface area (TPSA) is 70.9 Å². The Morgan fingerprint density at radius 1 is 1.24 bits per heavy atom. The van der Waals surface area contributed by atoms with Crippen molar-refractivity contribution in [2.75, 3.05) is 13.7 Å². The van der Waals surface area contributed by atoms with E-state index in [9.17, 15) is 0 Å². The largest absolute Gasteiger partial charge is 0.497 e. The lowest BCUT2D eigenvalue weighted by molar-refractivity contribution is 0.367. The van der Waals surface area contributed by atoms with Crippen LogP contribution >= 0.6 is 0 Å². The standard InChI is InChI=1S/C16H13N3O2/c1-20-11-6-7-15(21-9-8-17)12(10-11)16-18-13-4-2-3-5-14(13)19-16/h2-7,10H,9H2,1H3,(H,18,19). The molecule has 5 heteroatoms. The molecule has 0 aliphatic rings. The number of nitrogens with zero attached hydrogens (tertiary/aromatic N) is 2. The number of imidazole rings is 1. The van der Waals surface area contributed by atoms with E-state index in [-0.39, 0.29) is 6.61 Å². The van der Waals surface area contributed by atoms with Gasteiger partial charge in [0.25, 0.3) is 0 Å². The molecule has 2 aromatic carbocycles. The van der Waals surface area contributed by atoms with Crippen LogP contribution in [0.25, 0.3) is 22.4 Å². The fraction of sp³-hybridized carbons (Fsp3) is 0.125. The Hall–Kier alpha value is -3.00. The Labute approximate surface area is 121 Å². The molecule has 0 saturated carbocycles. The first-order valence-electron chi connectivity index (χ1n) is 6.44. The SMILES string of the molecule is COc1ccc(OCC#N)c(-c2nc3ccccc3[nH]2)c1. The first-order valence-corrected chi connectivity index (χ1v) is 6.44. The second-order valence-corrected chi connectivity index (χ2v) is 4.41. The maximum atomic E-state index is 8.68. The van der Waals surface area contributed by atoms with E-state index in [0.717, 1.165) is 16.6 Å². The summed E-state index contributed by atoms with van der Waals surface area (Å²) in [5.41, 5.74) is 2.59. The van der Waals surface area contributed by atoms with Crippen LogP contribution in [0.5, 0.6) is 11.5 Å². The molecular weight excluding hydrogens is 266 g/mol. The lowest BCUT2D eigenvalue weighted by Gasteiger charge is -2.09. The van der Waals surface area contributed by atoms with Crippen molar-refractivity contribution in [1.29, 1.82) is 5.26 Å². The predicted molar refractivity (Wildman–Crippen MR) is 79.2 cm³/mol. The van der Waals surface area contributed by atoms with Crippen LogP contribution in [0, 0.1) is 11.3 Å². The van der Waals surface area contributed by atoms with Crippen LogP contribution in [-0.4, -0.2) is 23.7 Å². The lowest BCUT2D eigenvalue weighted by Crippen LogP contribution is -1.97. The number of methoxy groups -OCH3 is 1. The van der Waals surface area contributed by atoms with E-state index in [1.54, 1.807) is 19.2 Å². The van der Waals surface area contributed by atoms with Gasteiger partial charge in [-0.25, -0.2) is 4.98 Å². The third kappa shape index (κ3) is 2.51. The summed E-state index contributed by atoms with van der Waals surface area (Å²) in [5.74, 6) is 1.98. The molecule has 0 fully saturated rings. The molecule has 0 amide bonds. The third-order valence-electron chi connectivity index (χ3n) is 3.12. The highest BCUT2D eigenvalue weighted by atomic mass is 16.5. The van der Waals surface area contributed by atoms with Gasteiger partial charge >= 0.3 is 0 Å². The minimum absolute atomic E-state index is 0.0143. The molecular formula is C16H13N3O2. The highest BCUT2D eigenvalue weighted by molar-refractivity contribution is 5.80. The van der Waals surface area contributed by atoms with Gasteiger partial charge < -0.3 is 14.5 Å². The van der Waals surface area contributed by atoms with E-state index < -0.39 is 0 Å². The van der Waals surface area contributed by atoms with Crippen molar-refractivity contribution < 1.29 is 9.47 Å². The second kappa shape index (κ2) is 5.55. The number of benzene rings is 2. The number of aromatic nitrogens is 2. The normalized spacial score (nSPS) is 10.3. The van der Waals surface area contributed by atoms with E-state index in [0.29, 0.717) is 17.3 Å². The van der Waals surface area contributed by atoms with Crippen molar-refractivity contribution in [3.05, 3.63) is 42.5 Å². The number of rotatable bonds is 4. The number of nitrogens with one attached hydrogen (secondary N) is 1. The predicted octanol–water partition coefficient (Wildman–Crippen LogP) is 3.14. The molecule has 0 aliphatic heterocycles. The van der Waals surface area contributed by atoms with Crippen LogP contribution in [0.3, 0.4) is 0 Å². The van der Waals surface area contributed by atoms with Crippen molar-refractivity contribution >= 4 is 11.0 Å². The smallest absolute Gasteiger partial charge is 0.174 e. The number of hydrogen-bond donors (Lipinski definition) is 1. The number of para-hydroxylation sites is 2. The van der Waals surface area contributed by atoms with Gasteiger partial charge in [-0.15, -0.1) is 0 Å². The molecule has 3 rings (SSSR count). The zero-order valence-corrected chi connectivity index (χ0v) is 11.5. The summed E-state index contributed by atoms with van der Waals surface area (Å²) < 4.78 is 10.7. The molecule has 0 aliphatic carbocycles. The van der Waals surface area contributed by atoms with Crippen LogP contribution in [0.2, 0.25) is 0 Å². The highest BCUT2D eigenvalue weighted by Gasteiger charge is 2.12. The van der Waals surface area contributed by atoms with Gasteiger partial charge in [-0.2, -0.15) is 5.26 Å². The van der Waals surface area contributed by atoms with Gasteiger partial charge in [-0.3, -0.25) is 0 Å². The first-order chi connectivity index (χ1) is 10.3. The average molecular weight is 279 g/mol. The van der Waals surface area contributed by atoms with Crippen molar-refractivity contribution in [2.24, 2.45) is 0 Å². The molecule has 0 atom stereocenters. The number of H-pyrrole nitrogens is 1. The Bertz CT molecular complexity index is 785. The summed E-state index contributed by atoms with van der Waals surface area (Å²) in [6, 6.07) is 15.2. The maximum Gasteiger partial charge on any atom is 0.174 e. The number of ether oxygens (including phenoxy) is 2. The molecule has 0 bridgehead atoms. The summed E-state index contributed by atoms with van der Waals surface area (Å²) in [7, 11) is 1.60. The van der Waals surface area contributed by atoms with Crippen LogP contribution in [0.15, 0.2) is 42.5 Å². The van der Waals surface area contributed by atoms with Crippen LogP contribution in [0.1, 0.15) is 0 Å². The number of fused-ring (bicyclic) bond motifs is 1. The van der Waals surface area contributed by atoms with Crippen LogP contribution in [-0.2, 0) is 0 Å². The summed E-state index contributed by atoms with van der Waals surface area (Å²) in [6.07, 6.45) is 0. The van der Waals surface area contributed by atoms with Crippen LogP contribution in [0.4, 0.5) is 0 Å². The quantitative estimate of drug-likeness (QED) is 0.796. The Kier molecular flexibility index (Phi) is 3.44. The molecule has 0 unspecified atom stereocenters. The molecule has 1 aromatic heterocycles. The maximum absolute atomic E-state index is 8.68. The van der Waals surface area contributed by atoms with E-state index >= 15 is 0 Å². The molecule has 0 saturated heterocycles. The van der Waals surface area contributed by atoms with E-state index in [1.165, 1.54) is 0 Å². The minimum Gasteiger partial charge on any atom is -0.497 e. The molecule has 21 heavy (non-hydrogen) atoms. The number of hydrogen-bond acceptors (Lipinski definition) is 4. The third-order valence-corrected chi connectivity index (χ3v) is 3.12. The van der Waals surface area contributed by atoms with E-state index in [1.807, 2.05) is 36.4 Å². The van der Waals surface area contributed by atoms with Crippen LogP contribution < -0.4 is 9.47 Å². The molecule has 0 spiro atoms. The molecule has 3 aromatic rings. The summed E-state index contributed by atoms with van der Waals surface area (Å²) in [5, 5.41) is 8.68. The molecule has 1 heterocycles. The molecule has 0 radical (unpaired) electrons. The van der Waals surface area contributed by atoms with Gasteiger partial charge in [-0.1, -0.05) is 12.1 Å². The summed E-state index contributed by atoms with van der Waals surface area (Å²) >= 11 is 0. The fourth-order valence-electron chi connectivity index (χ4n) is 2.14. The number of nitriles is 1. The van der Waals surface area contributed by atoms with E-state index in [2.05, 4.69) is 9.97 Å². The second-order valence-electron chi connectivity index (χ2n) is 4.41. The highest BCUT2D eigenvalue weighted by Crippen LogP contribution is 2.33. The zero-order valence-electron chi connectivity index (χ0n) is 11.5. The minimum atomic E-state index is -0.0143. The van der Waals surface area contributed by atoms with Gasteiger partial charge in [0.15, 0.2) is 6.61 Å². The Balaban J connectivity index is 2.11. The first kappa shape index (κ1) is 13.0. The monoisotopic (exact) mass is 279 g/mol. The Morgan fingerprint density at radius 2 is 2.10 bits per heavy atom. The number of aromatic amines is 1. The molecule has 1 N–H and O–H groups in total. The summed E-state index contributed by atoms with van der Waals surface area (Å²) in [4.78, 5) is 7.80. The van der Waals surface area contributed by atoms with Gasteiger partial charge in [0, 0.05) is 0 Å². The molecule has 104 valence electrons. The van der Waals surface area contributed by atoms with Crippen molar-refractivity contribution in [3.8, 4) is 29.0 Å². The average Bonchev–Trinajstić information content (AvgIpc) is 2.96. The van der Waals surface area contributed by atoms with E-state index in [4.69, 9.17) is 14.7 Å². The van der Waals surface area contributed by atoms with Gasteiger partial charge in [-0.05, 0) is 30.3 Å². The fourth-order valence-corrected chi connectivity index (χ4v) is 2.14.